The molecule has 0 amide bonds. The average Bonchev–Trinajstić information content (AvgIpc) is 2.86. The zero-order valence-electron chi connectivity index (χ0n) is 12.4. The van der Waals surface area contributed by atoms with Crippen LogP contribution in [0, 0.1) is 5.92 Å². The minimum Gasteiger partial charge on any atom is -0.480 e. The third-order valence-corrected chi connectivity index (χ3v) is 5.94. The van der Waals surface area contributed by atoms with Gasteiger partial charge in [0.1, 0.15) is 6.04 Å². The molecule has 1 N–H and O–H groups in total. The van der Waals surface area contributed by atoms with E-state index in [1.165, 1.54) is 26.8 Å². The third-order valence-electron chi connectivity index (χ3n) is 3.76. The Morgan fingerprint density at radius 2 is 1.90 bits per heavy atom. The molecule has 1 aliphatic carbocycles. The predicted molar refractivity (Wildman–Crippen MR) is 76.0 cm³/mol. The van der Waals surface area contributed by atoms with Crippen molar-refractivity contribution in [2.45, 2.75) is 51.7 Å². The first-order valence-electron chi connectivity index (χ1n) is 7.04. The highest BCUT2D eigenvalue weighted by molar-refractivity contribution is 7.89. The van der Waals surface area contributed by atoms with Gasteiger partial charge in [-0.25, -0.2) is 8.42 Å². The molecular formula is C13H25NO5S. The Bertz CT molecular complexity index is 416. The number of likely N-dealkylation sites (N-methyl/N-ethyl adjacent to an activating group) is 1. The average molecular weight is 307 g/mol. The summed E-state index contributed by atoms with van der Waals surface area (Å²) in [5.41, 5.74) is 0. The second-order valence-electron chi connectivity index (χ2n) is 5.65. The molecule has 0 radical (unpaired) electrons. The largest absolute Gasteiger partial charge is 0.480 e. The van der Waals surface area contributed by atoms with E-state index in [0.717, 1.165) is 17.1 Å². The maximum absolute atomic E-state index is 12.1. The lowest BCUT2D eigenvalue weighted by molar-refractivity contribution is -0.140. The third kappa shape index (κ3) is 5.03. The number of carbonyl (C=O) groups is 1. The van der Waals surface area contributed by atoms with Gasteiger partial charge in [-0.05, 0) is 25.7 Å². The number of hydrogen-bond acceptors (Lipinski definition) is 4. The zero-order chi connectivity index (χ0) is 15.3. The van der Waals surface area contributed by atoms with Crippen LogP contribution in [0.25, 0.3) is 0 Å². The molecule has 0 spiro atoms. The standard InChI is InChI=1S/C13H25NO5S/c1-10(8-19-12-6-4-5-7-12)9-20(17,18)14(3)11(2)13(15)16/h10-12H,4-9H2,1-3H3,(H,15,16). The number of rotatable bonds is 8. The van der Waals surface area contributed by atoms with Gasteiger partial charge in [-0.2, -0.15) is 4.31 Å². The van der Waals surface area contributed by atoms with Gasteiger partial charge in [0.15, 0.2) is 0 Å². The van der Waals surface area contributed by atoms with Crippen molar-refractivity contribution in [1.29, 1.82) is 0 Å². The molecule has 1 rings (SSSR count). The number of nitrogens with zero attached hydrogens (tertiary/aromatic N) is 1. The van der Waals surface area contributed by atoms with Gasteiger partial charge >= 0.3 is 5.97 Å². The minimum atomic E-state index is -3.58. The number of carboxylic acid groups (broad SMARTS) is 1. The number of hydrogen-bond donors (Lipinski definition) is 1. The van der Waals surface area contributed by atoms with Crippen LogP contribution in [0.5, 0.6) is 0 Å². The SMILES string of the molecule is CC(COC1CCCC1)CS(=O)(=O)N(C)C(C)C(=O)O. The van der Waals surface area contributed by atoms with E-state index in [2.05, 4.69) is 0 Å². The highest BCUT2D eigenvalue weighted by Gasteiger charge is 2.29. The van der Waals surface area contributed by atoms with Crippen LogP contribution in [0.1, 0.15) is 39.5 Å². The smallest absolute Gasteiger partial charge is 0.321 e. The van der Waals surface area contributed by atoms with Crippen molar-refractivity contribution in [3.05, 3.63) is 0 Å². The summed E-state index contributed by atoms with van der Waals surface area (Å²) in [5.74, 6) is -1.39. The highest BCUT2D eigenvalue weighted by atomic mass is 32.2. The number of sulfonamides is 1. The number of aliphatic carboxylic acids is 1. The van der Waals surface area contributed by atoms with Gasteiger partial charge in [0.2, 0.25) is 10.0 Å². The van der Waals surface area contributed by atoms with Crippen molar-refractivity contribution >= 4 is 16.0 Å². The Labute approximate surface area is 121 Å². The first-order valence-corrected chi connectivity index (χ1v) is 8.65. The normalized spacial score (nSPS) is 20.2. The van der Waals surface area contributed by atoms with E-state index in [-0.39, 0.29) is 17.8 Å². The lowest BCUT2D eigenvalue weighted by atomic mass is 10.2. The van der Waals surface area contributed by atoms with Crippen molar-refractivity contribution in [3.63, 3.8) is 0 Å². The van der Waals surface area contributed by atoms with Crippen LogP contribution in [-0.2, 0) is 19.6 Å². The lowest BCUT2D eigenvalue weighted by Crippen LogP contribution is -2.42. The second-order valence-corrected chi connectivity index (χ2v) is 7.73. The predicted octanol–water partition coefficient (Wildman–Crippen LogP) is 1.32. The Kier molecular flexibility index (Phi) is 6.42. The summed E-state index contributed by atoms with van der Waals surface area (Å²) in [6.45, 7) is 3.57. The molecule has 20 heavy (non-hydrogen) atoms. The first kappa shape index (κ1) is 17.4. The Morgan fingerprint density at radius 3 is 2.40 bits per heavy atom. The van der Waals surface area contributed by atoms with Crippen LogP contribution in [0.4, 0.5) is 0 Å². The Hall–Kier alpha value is -0.660. The van der Waals surface area contributed by atoms with E-state index in [1.54, 1.807) is 0 Å². The second kappa shape index (κ2) is 7.38. The fourth-order valence-corrected chi connectivity index (χ4v) is 3.90. The van der Waals surface area contributed by atoms with Crippen LogP contribution in [-0.4, -0.2) is 55.4 Å². The van der Waals surface area contributed by atoms with E-state index < -0.39 is 22.0 Å². The van der Waals surface area contributed by atoms with Gasteiger partial charge in [-0.15, -0.1) is 0 Å². The molecule has 0 aromatic carbocycles. The van der Waals surface area contributed by atoms with Gasteiger partial charge in [-0.3, -0.25) is 4.79 Å². The fourth-order valence-electron chi connectivity index (χ4n) is 2.28. The zero-order valence-corrected chi connectivity index (χ0v) is 13.2. The molecule has 0 heterocycles. The van der Waals surface area contributed by atoms with Gasteiger partial charge in [0, 0.05) is 7.05 Å². The molecule has 118 valence electrons. The van der Waals surface area contributed by atoms with Crippen molar-refractivity contribution in [2.75, 3.05) is 19.4 Å². The van der Waals surface area contributed by atoms with E-state index in [0.29, 0.717) is 6.61 Å². The van der Waals surface area contributed by atoms with Gasteiger partial charge in [-0.1, -0.05) is 19.8 Å². The molecule has 0 aliphatic heterocycles. The molecule has 0 bridgehead atoms. The van der Waals surface area contributed by atoms with Gasteiger partial charge < -0.3 is 9.84 Å². The summed E-state index contributed by atoms with van der Waals surface area (Å²) in [6.07, 6.45) is 4.72. The molecule has 1 saturated carbocycles. The minimum absolute atomic E-state index is 0.0894. The Morgan fingerprint density at radius 1 is 1.35 bits per heavy atom. The van der Waals surface area contributed by atoms with E-state index in [1.807, 2.05) is 6.92 Å². The molecule has 0 aromatic heterocycles. The van der Waals surface area contributed by atoms with Gasteiger partial charge in [0.25, 0.3) is 0 Å². The topological polar surface area (TPSA) is 83.9 Å². The summed E-state index contributed by atoms with van der Waals surface area (Å²) >= 11 is 0. The molecule has 2 unspecified atom stereocenters. The van der Waals surface area contributed by atoms with Crippen molar-refractivity contribution in [3.8, 4) is 0 Å². The molecule has 2 atom stereocenters. The quantitative estimate of drug-likeness (QED) is 0.731. The summed E-state index contributed by atoms with van der Waals surface area (Å²) in [7, 11) is -2.27. The van der Waals surface area contributed by atoms with Crippen molar-refractivity contribution in [1.82, 2.24) is 4.31 Å². The molecule has 0 aromatic rings. The molecule has 7 heteroatoms. The lowest BCUT2D eigenvalue weighted by Gasteiger charge is -2.23. The van der Waals surface area contributed by atoms with E-state index in [9.17, 15) is 13.2 Å². The maximum Gasteiger partial charge on any atom is 0.321 e. The molecule has 0 saturated heterocycles. The first-order chi connectivity index (χ1) is 9.24. The van der Waals surface area contributed by atoms with E-state index in [4.69, 9.17) is 9.84 Å². The summed E-state index contributed by atoms with van der Waals surface area (Å²) in [6, 6.07) is -1.05. The summed E-state index contributed by atoms with van der Waals surface area (Å²) in [4.78, 5) is 10.8. The van der Waals surface area contributed by atoms with Gasteiger partial charge in [0.05, 0.1) is 18.5 Å². The number of ether oxygens (including phenoxy) is 1. The van der Waals surface area contributed by atoms with E-state index >= 15 is 0 Å². The van der Waals surface area contributed by atoms with Crippen LogP contribution >= 0.6 is 0 Å². The van der Waals surface area contributed by atoms with Crippen molar-refractivity contribution < 1.29 is 23.1 Å². The van der Waals surface area contributed by atoms with Crippen molar-refractivity contribution in [2.24, 2.45) is 5.92 Å². The van der Waals surface area contributed by atoms with Crippen LogP contribution < -0.4 is 0 Å². The van der Waals surface area contributed by atoms with Crippen LogP contribution in [0.2, 0.25) is 0 Å². The summed E-state index contributed by atoms with van der Waals surface area (Å²) < 4.78 is 30.8. The Balaban J connectivity index is 2.45. The molecular weight excluding hydrogens is 282 g/mol. The molecule has 1 aliphatic rings. The fraction of sp³-hybridized carbons (Fsp3) is 0.923. The molecule has 1 fully saturated rings. The highest BCUT2D eigenvalue weighted by Crippen LogP contribution is 2.21. The number of carboxylic acids is 1. The van der Waals surface area contributed by atoms with Crippen LogP contribution in [0.3, 0.4) is 0 Å². The van der Waals surface area contributed by atoms with Crippen LogP contribution in [0.15, 0.2) is 0 Å². The maximum atomic E-state index is 12.1. The monoisotopic (exact) mass is 307 g/mol. The summed E-state index contributed by atoms with van der Waals surface area (Å²) in [5, 5.41) is 8.87. The molecule has 6 nitrogen and oxygen atoms in total.